The van der Waals surface area contributed by atoms with Crippen molar-refractivity contribution in [3.8, 4) is 0 Å². The van der Waals surface area contributed by atoms with Gasteiger partial charge in [0, 0.05) is 26.3 Å². The van der Waals surface area contributed by atoms with Crippen LogP contribution in [0.4, 0.5) is 0 Å². The maximum atomic E-state index is 11.4. The van der Waals surface area contributed by atoms with Crippen molar-refractivity contribution < 1.29 is 14.6 Å². The third-order valence-electron chi connectivity index (χ3n) is 3.39. The van der Waals surface area contributed by atoms with Crippen LogP contribution in [-0.4, -0.2) is 33.6 Å². The molecule has 0 aromatic carbocycles. The van der Waals surface area contributed by atoms with Crippen LogP contribution in [0.25, 0.3) is 0 Å². The van der Waals surface area contributed by atoms with Crippen molar-refractivity contribution in [1.29, 1.82) is 0 Å². The van der Waals surface area contributed by atoms with E-state index in [0.717, 1.165) is 5.69 Å². The van der Waals surface area contributed by atoms with Crippen molar-refractivity contribution >= 4 is 5.97 Å². The van der Waals surface area contributed by atoms with Gasteiger partial charge in [-0.25, -0.2) is 0 Å². The summed E-state index contributed by atoms with van der Waals surface area (Å²) in [5, 5.41) is 13.6. The first-order valence-electron chi connectivity index (χ1n) is 5.38. The Labute approximate surface area is 94.0 Å². The molecule has 0 amide bonds. The van der Waals surface area contributed by atoms with Gasteiger partial charge in [0.05, 0.1) is 11.8 Å². The maximum Gasteiger partial charge on any atom is 0.312 e. The van der Waals surface area contributed by atoms with E-state index in [2.05, 4.69) is 5.10 Å². The maximum absolute atomic E-state index is 11.4. The van der Waals surface area contributed by atoms with Crippen LogP contribution in [-0.2, 0) is 23.0 Å². The van der Waals surface area contributed by atoms with Gasteiger partial charge in [0.2, 0.25) is 0 Å². The SMILES string of the molecule is CC1OCCC1(Cc1ccn(C)n1)C(=O)O. The van der Waals surface area contributed by atoms with Crippen LogP contribution in [0.3, 0.4) is 0 Å². The number of aliphatic carboxylic acids is 1. The van der Waals surface area contributed by atoms with Crippen molar-refractivity contribution in [2.75, 3.05) is 6.61 Å². The highest BCUT2D eigenvalue weighted by atomic mass is 16.5. The molecule has 1 saturated heterocycles. The van der Waals surface area contributed by atoms with Gasteiger partial charge >= 0.3 is 5.97 Å². The molecule has 0 spiro atoms. The van der Waals surface area contributed by atoms with Crippen LogP contribution in [0.5, 0.6) is 0 Å². The van der Waals surface area contributed by atoms with Crippen molar-refractivity contribution in [3.05, 3.63) is 18.0 Å². The second-order valence-corrected chi connectivity index (χ2v) is 4.38. The first-order chi connectivity index (χ1) is 7.54. The van der Waals surface area contributed by atoms with Crippen LogP contribution >= 0.6 is 0 Å². The topological polar surface area (TPSA) is 64.4 Å². The molecule has 0 aliphatic carbocycles. The number of aromatic nitrogens is 2. The van der Waals surface area contributed by atoms with Gasteiger partial charge in [-0.1, -0.05) is 0 Å². The Bertz CT molecular complexity index is 402. The first kappa shape index (κ1) is 11.1. The van der Waals surface area contributed by atoms with Crippen LogP contribution in [0.15, 0.2) is 12.3 Å². The summed E-state index contributed by atoms with van der Waals surface area (Å²) < 4.78 is 7.08. The third kappa shape index (κ3) is 1.71. The summed E-state index contributed by atoms with van der Waals surface area (Å²) in [6, 6.07) is 1.86. The van der Waals surface area contributed by atoms with E-state index in [1.54, 1.807) is 4.68 Å². The van der Waals surface area contributed by atoms with Gasteiger partial charge < -0.3 is 9.84 Å². The number of nitrogens with zero attached hydrogens (tertiary/aromatic N) is 2. The van der Waals surface area contributed by atoms with Crippen molar-refractivity contribution in [1.82, 2.24) is 9.78 Å². The Morgan fingerprint density at radius 2 is 2.56 bits per heavy atom. The molecule has 88 valence electrons. The first-order valence-corrected chi connectivity index (χ1v) is 5.38. The van der Waals surface area contributed by atoms with E-state index in [4.69, 9.17) is 4.74 Å². The third-order valence-corrected chi connectivity index (χ3v) is 3.39. The predicted molar refractivity (Wildman–Crippen MR) is 57.0 cm³/mol. The van der Waals surface area contributed by atoms with Gasteiger partial charge in [0.1, 0.15) is 5.41 Å². The zero-order valence-electron chi connectivity index (χ0n) is 9.51. The lowest BCUT2D eigenvalue weighted by molar-refractivity contribution is -0.151. The Kier molecular flexibility index (Phi) is 2.71. The Balaban J connectivity index is 2.24. The molecular weight excluding hydrogens is 208 g/mol. The summed E-state index contributed by atoms with van der Waals surface area (Å²) in [7, 11) is 1.82. The van der Waals surface area contributed by atoms with E-state index in [1.165, 1.54) is 0 Å². The van der Waals surface area contributed by atoms with Gasteiger partial charge in [-0.3, -0.25) is 9.48 Å². The average molecular weight is 224 g/mol. The van der Waals surface area contributed by atoms with E-state index in [0.29, 0.717) is 19.4 Å². The molecule has 2 unspecified atom stereocenters. The molecule has 16 heavy (non-hydrogen) atoms. The minimum absolute atomic E-state index is 0.257. The Hall–Kier alpha value is -1.36. The number of hydrogen-bond acceptors (Lipinski definition) is 3. The number of carboxylic acids is 1. The lowest BCUT2D eigenvalue weighted by Gasteiger charge is -2.26. The summed E-state index contributed by atoms with van der Waals surface area (Å²) >= 11 is 0. The Morgan fingerprint density at radius 3 is 3.00 bits per heavy atom. The summed E-state index contributed by atoms with van der Waals surface area (Å²) in [5.41, 5.74) is -0.00352. The number of rotatable bonds is 3. The van der Waals surface area contributed by atoms with E-state index in [-0.39, 0.29) is 6.10 Å². The highest BCUT2D eigenvalue weighted by Gasteiger charge is 2.48. The van der Waals surface area contributed by atoms with E-state index in [9.17, 15) is 9.90 Å². The molecule has 5 nitrogen and oxygen atoms in total. The molecule has 0 radical (unpaired) electrons. The van der Waals surface area contributed by atoms with Crippen LogP contribution in [0.2, 0.25) is 0 Å². The molecule has 2 atom stereocenters. The second kappa shape index (κ2) is 3.90. The van der Waals surface area contributed by atoms with E-state index < -0.39 is 11.4 Å². The van der Waals surface area contributed by atoms with Crippen LogP contribution in [0, 0.1) is 5.41 Å². The fourth-order valence-electron chi connectivity index (χ4n) is 2.25. The molecule has 1 fully saturated rings. The lowest BCUT2D eigenvalue weighted by Crippen LogP contribution is -2.39. The standard InChI is InChI=1S/C11H16N2O3/c1-8-11(10(14)15,4-6-16-8)7-9-3-5-13(2)12-9/h3,5,8H,4,6-7H2,1-2H3,(H,14,15). The molecule has 1 aromatic rings. The smallest absolute Gasteiger partial charge is 0.312 e. The van der Waals surface area contributed by atoms with Gasteiger partial charge in [-0.2, -0.15) is 5.10 Å². The van der Waals surface area contributed by atoms with Gasteiger partial charge in [-0.05, 0) is 19.4 Å². The monoisotopic (exact) mass is 224 g/mol. The average Bonchev–Trinajstić information content (AvgIpc) is 2.76. The molecular formula is C11H16N2O3. The molecule has 1 aromatic heterocycles. The van der Waals surface area contributed by atoms with Crippen LogP contribution in [0.1, 0.15) is 19.0 Å². The lowest BCUT2D eigenvalue weighted by atomic mass is 9.77. The summed E-state index contributed by atoms with van der Waals surface area (Å²) in [4.78, 5) is 11.4. The molecule has 2 heterocycles. The van der Waals surface area contributed by atoms with Crippen LogP contribution < -0.4 is 0 Å². The minimum Gasteiger partial charge on any atom is -0.481 e. The quantitative estimate of drug-likeness (QED) is 0.826. The summed E-state index contributed by atoms with van der Waals surface area (Å²) in [5.74, 6) is -0.789. The van der Waals surface area contributed by atoms with Gasteiger partial charge in [0.15, 0.2) is 0 Å². The van der Waals surface area contributed by atoms with E-state index in [1.807, 2.05) is 26.2 Å². The van der Waals surface area contributed by atoms with Crippen molar-refractivity contribution in [3.63, 3.8) is 0 Å². The molecule has 2 rings (SSSR count). The highest BCUT2D eigenvalue weighted by Crippen LogP contribution is 2.38. The molecule has 1 aliphatic rings. The summed E-state index contributed by atoms with van der Waals surface area (Å²) in [6.45, 7) is 2.34. The number of hydrogen-bond donors (Lipinski definition) is 1. The zero-order chi connectivity index (χ0) is 11.8. The fourth-order valence-corrected chi connectivity index (χ4v) is 2.25. The molecule has 0 saturated carbocycles. The second-order valence-electron chi connectivity index (χ2n) is 4.38. The minimum atomic E-state index is -0.811. The highest BCUT2D eigenvalue weighted by molar-refractivity contribution is 5.76. The summed E-state index contributed by atoms with van der Waals surface area (Å²) in [6.07, 6.45) is 2.56. The zero-order valence-corrected chi connectivity index (χ0v) is 9.51. The fraction of sp³-hybridized carbons (Fsp3) is 0.636. The number of ether oxygens (including phenoxy) is 1. The molecule has 1 N–H and O–H groups in total. The van der Waals surface area contributed by atoms with E-state index >= 15 is 0 Å². The Morgan fingerprint density at radius 1 is 1.81 bits per heavy atom. The van der Waals surface area contributed by atoms with Gasteiger partial charge in [-0.15, -0.1) is 0 Å². The predicted octanol–water partition coefficient (Wildman–Crippen LogP) is 0.842. The number of carboxylic acid groups (broad SMARTS) is 1. The molecule has 0 bridgehead atoms. The number of aryl methyl sites for hydroxylation is 1. The largest absolute Gasteiger partial charge is 0.481 e. The molecule has 1 aliphatic heterocycles. The number of carbonyl (C=O) groups is 1. The van der Waals surface area contributed by atoms with Crippen molar-refractivity contribution in [2.45, 2.75) is 25.9 Å². The van der Waals surface area contributed by atoms with Gasteiger partial charge in [0.25, 0.3) is 0 Å². The molecule has 5 heteroatoms. The van der Waals surface area contributed by atoms with Crippen molar-refractivity contribution in [2.24, 2.45) is 12.5 Å². The normalized spacial score (nSPS) is 29.5.